The number of thiazole rings is 1. The summed E-state index contributed by atoms with van der Waals surface area (Å²) in [4.78, 5) is 8.68. The second-order valence-electron chi connectivity index (χ2n) is 7.49. The maximum absolute atomic E-state index is 12.9. The highest BCUT2D eigenvalue weighted by Gasteiger charge is 2.30. The summed E-state index contributed by atoms with van der Waals surface area (Å²) in [5, 5.41) is 5.27. The van der Waals surface area contributed by atoms with Gasteiger partial charge in [0.2, 0.25) is 5.88 Å². The van der Waals surface area contributed by atoms with Crippen LogP contribution in [0.4, 0.5) is 24.0 Å². The summed E-state index contributed by atoms with van der Waals surface area (Å²) >= 11 is 1.31. The van der Waals surface area contributed by atoms with Crippen LogP contribution in [-0.4, -0.2) is 48.7 Å². The van der Waals surface area contributed by atoms with Gasteiger partial charge in [0.05, 0.1) is 32.4 Å². The van der Waals surface area contributed by atoms with Gasteiger partial charge in [0.1, 0.15) is 13.2 Å². The van der Waals surface area contributed by atoms with Gasteiger partial charge in [0.25, 0.3) is 0 Å². The Morgan fingerprint density at radius 2 is 1.93 bits per heavy atom. The maximum Gasteiger partial charge on any atom is 0.416 e. The van der Waals surface area contributed by atoms with E-state index >= 15 is 0 Å². The predicted octanol–water partition coefficient (Wildman–Crippen LogP) is 5.05. The Bertz CT molecular complexity index is 967. The number of nitrogens with zero attached hydrogens (tertiary/aromatic N) is 3. The van der Waals surface area contributed by atoms with E-state index in [-0.39, 0.29) is 0 Å². The van der Waals surface area contributed by atoms with Crippen molar-refractivity contribution < 1.29 is 22.4 Å². The molecule has 0 aliphatic rings. The third-order valence-electron chi connectivity index (χ3n) is 3.99. The van der Waals surface area contributed by atoms with Gasteiger partial charge in [-0.1, -0.05) is 6.07 Å². The minimum absolute atomic E-state index is 0.333. The number of ether oxygens (including phenoxy) is 1. The Hall–Kier alpha value is -2.65. The van der Waals surface area contributed by atoms with Crippen LogP contribution in [0.5, 0.6) is 5.88 Å². The molecule has 0 unspecified atom stereocenters. The molecule has 2 aromatic heterocycles. The van der Waals surface area contributed by atoms with E-state index < -0.39 is 11.7 Å². The van der Waals surface area contributed by atoms with Gasteiger partial charge in [-0.2, -0.15) is 13.2 Å². The van der Waals surface area contributed by atoms with Crippen LogP contribution < -0.4 is 10.1 Å². The van der Waals surface area contributed by atoms with Crippen molar-refractivity contribution in [2.75, 3.05) is 39.6 Å². The van der Waals surface area contributed by atoms with E-state index in [1.165, 1.54) is 17.4 Å². The molecule has 0 saturated carbocycles. The van der Waals surface area contributed by atoms with Crippen molar-refractivity contribution in [3.8, 4) is 17.1 Å². The maximum atomic E-state index is 12.9. The molecule has 1 N–H and O–H groups in total. The van der Waals surface area contributed by atoms with E-state index in [2.05, 4.69) is 36.4 Å². The van der Waals surface area contributed by atoms with E-state index in [1.54, 1.807) is 18.3 Å². The Kier molecular flexibility index (Phi) is 6.09. The third-order valence-corrected chi connectivity index (χ3v) is 4.75. The summed E-state index contributed by atoms with van der Waals surface area (Å²) in [6, 6.07) is 8.65. The monoisotopic (exact) mass is 423 g/mol. The van der Waals surface area contributed by atoms with Crippen molar-refractivity contribution in [2.24, 2.45) is 0 Å². The number of anilines is 2. The number of aromatic nitrogens is 2. The highest BCUT2D eigenvalue weighted by Crippen LogP contribution is 2.33. The molecule has 2 heterocycles. The molecule has 0 spiro atoms. The summed E-state index contributed by atoms with van der Waals surface area (Å²) in [6.45, 7) is 1.38. The smallest absolute Gasteiger partial charge is 0.416 e. The van der Waals surface area contributed by atoms with Gasteiger partial charge < -0.3 is 14.5 Å². The molecule has 0 aliphatic carbocycles. The first kappa shape index (κ1) is 21.1. The molecule has 0 fully saturated rings. The molecule has 3 aromatic rings. The van der Waals surface area contributed by atoms with Crippen molar-refractivity contribution in [1.82, 2.24) is 9.97 Å². The first-order chi connectivity index (χ1) is 13.6. The summed E-state index contributed by atoms with van der Waals surface area (Å²) < 4.78 is 45.1. The number of hydrogen-bond donors (Lipinski definition) is 1. The molecule has 0 amide bonds. The number of rotatable bonds is 7. The lowest BCUT2D eigenvalue weighted by molar-refractivity contribution is -0.870. The number of likely N-dealkylation sites (N-methyl/N-ethyl adjacent to an activating group) is 1. The molecule has 5 nitrogen and oxygen atoms in total. The molecular weight excluding hydrogens is 401 g/mol. The van der Waals surface area contributed by atoms with Gasteiger partial charge in [-0.3, -0.25) is 0 Å². The molecule has 9 heteroatoms. The first-order valence-electron chi connectivity index (χ1n) is 8.90. The molecule has 29 heavy (non-hydrogen) atoms. The fraction of sp³-hybridized carbons (Fsp3) is 0.300. The third kappa shape index (κ3) is 6.16. The number of halogens is 3. The standard InChI is InChI=1S/C20H22F3N4OS/c1-27(2,3)9-10-28-18-11-14(7-8-24-18)17-13-29-19(26-17)25-16-6-4-5-15(12-16)20(21,22)23/h4-8,11-13H,9-10H2,1-3H3,(H,25,26)/q+1. The number of benzene rings is 1. The van der Waals surface area contributed by atoms with Crippen molar-refractivity contribution >= 4 is 22.2 Å². The largest absolute Gasteiger partial charge is 0.472 e. The highest BCUT2D eigenvalue weighted by atomic mass is 32.1. The van der Waals surface area contributed by atoms with Crippen LogP contribution >= 0.6 is 11.3 Å². The van der Waals surface area contributed by atoms with E-state index in [0.717, 1.165) is 28.7 Å². The van der Waals surface area contributed by atoms with Crippen LogP contribution in [0.15, 0.2) is 48.0 Å². The van der Waals surface area contributed by atoms with Crippen LogP contribution in [0, 0.1) is 0 Å². The summed E-state index contributed by atoms with van der Waals surface area (Å²) in [5.41, 5.74) is 1.15. The second-order valence-corrected chi connectivity index (χ2v) is 8.34. The van der Waals surface area contributed by atoms with Crippen molar-refractivity contribution in [3.63, 3.8) is 0 Å². The van der Waals surface area contributed by atoms with E-state index in [4.69, 9.17) is 4.74 Å². The molecule has 1 aromatic carbocycles. The summed E-state index contributed by atoms with van der Waals surface area (Å²) in [6.07, 6.45) is -2.74. The lowest BCUT2D eigenvalue weighted by Crippen LogP contribution is -2.38. The normalized spacial score (nSPS) is 12.1. The topological polar surface area (TPSA) is 47.0 Å². The van der Waals surface area contributed by atoms with E-state index in [1.807, 2.05) is 11.4 Å². The average Bonchev–Trinajstić information content (AvgIpc) is 3.09. The molecule has 0 radical (unpaired) electrons. The van der Waals surface area contributed by atoms with Gasteiger partial charge in [-0.05, 0) is 24.3 Å². The Balaban J connectivity index is 1.69. The van der Waals surface area contributed by atoms with E-state index in [9.17, 15) is 13.2 Å². The van der Waals surface area contributed by atoms with Crippen LogP contribution in [0.3, 0.4) is 0 Å². The second kappa shape index (κ2) is 8.38. The zero-order valence-corrected chi connectivity index (χ0v) is 17.1. The van der Waals surface area contributed by atoms with Gasteiger partial charge in [-0.15, -0.1) is 11.3 Å². The number of nitrogens with one attached hydrogen (secondary N) is 1. The van der Waals surface area contributed by atoms with E-state index in [0.29, 0.717) is 29.0 Å². The number of hydrogen-bond acceptors (Lipinski definition) is 5. The Labute approximate surface area is 171 Å². The SMILES string of the molecule is C[N+](C)(C)CCOc1cc(-c2csc(Nc3cccc(C(F)(F)F)c3)n2)ccn1. The minimum atomic E-state index is -4.38. The number of alkyl halides is 3. The van der Waals surface area contributed by atoms with Crippen LogP contribution in [0.1, 0.15) is 5.56 Å². The number of pyridine rings is 1. The minimum Gasteiger partial charge on any atom is -0.472 e. The van der Waals surface area contributed by atoms with Gasteiger partial charge in [0.15, 0.2) is 5.13 Å². The quantitative estimate of drug-likeness (QED) is 0.540. The molecule has 0 aliphatic heterocycles. The Morgan fingerprint density at radius 1 is 1.14 bits per heavy atom. The van der Waals surface area contributed by atoms with Crippen molar-refractivity contribution in [1.29, 1.82) is 0 Å². The zero-order valence-electron chi connectivity index (χ0n) is 16.3. The highest BCUT2D eigenvalue weighted by molar-refractivity contribution is 7.14. The number of quaternary nitrogens is 1. The summed E-state index contributed by atoms with van der Waals surface area (Å²) in [5.74, 6) is 0.510. The summed E-state index contributed by atoms with van der Waals surface area (Å²) in [7, 11) is 6.25. The lowest BCUT2D eigenvalue weighted by Gasteiger charge is -2.23. The van der Waals surface area contributed by atoms with Crippen LogP contribution in [0.25, 0.3) is 11.3 Å². The van der Waals surface area contributed by atoms with Gasteiger partial charge in [0, 0.05) is 28.9 Å². The van der Waals surface area contributed by atoms with Crippen molar-refractivity contribution in [3.05, 3.63) is 53.5 Å². The molecule has 154 valence electrons. The predicted molar refractivity (Wildman–Crippen MR) is 108 cm³/mol. The molecule has 3 rings (SSSR count). The van der Waals surface area contributed by atoms with Crippen LogP contribution in [0.2, 0.25) is 0 Å². The van der Waals surface area contributed by atoms with Crippen molar-refractivity contribution in [2.45, 2.75) is 6.18 Å². The Morgan fingerprint density at radius 3 is 2.66 bits per heavy atom. The molecular formula is C20H22F3N4OS+. The van der Waals surface area contributed by atoms with Gasteiger partial charge in [-0.25, -0.2) is 9.97 Å². The van der Waals surface area contributed by atoms with Gasteiger partial charge >= 0.3 is 6.18 Å². The zero-order chi connectivity index (χ0) is 21.1. The van der Waals surface area contributed by atoms with Crippen LogP contribution in [-0.2, 0) is 6.18 Å². The first-order valence-corrected chi connectivity index (χ1v) is 9.78. The average molecular weight is 423 g/mol. The molecule has 0 saturated heterocycles. The fourth-order valence-corrected chi connectivity index (χ4v) is 3.17. The molecule has 0 bridgehead atoms. The molecule has 0 atom stereocenters. The fourth-order valence-electron chi connectivity index (χ4n) is 2.43. The lowest BCUT2D eigenvalue weighted by atomic mass is 10.2.